The average molecular weight is 485 g/mol. The van der Waals surface area contributed by atoms with Crippen LogP contribution in [0.15, 0.2) is 66.9 Å². The van der Waals surface area contributed by atoms with Gasteiger partial charge in [-0.25, -0.2) is 13.8 Å². The third-order valence-corrected chi connectivity index (χ3v) is 7.10. The van der Waals surface area contributed by atoms with Crippen molar-refractivity contribution in [3.8, 4) is 11.3 Å². The van der Waals surface area contributed by atoms with E-state index in [-0.39, 0.29) is 22.9 Å². The molecule has 0 radical (unpaired) electrons. The topological polar surface area (TPSA) is 86.9 Å². The van der Waals surface area contributed by atoms with Gasteiger partial charge in [0.15, 0.2) is 5.78 Å². The van der Waals surface area contributed by atoms with Crippen LogP contribution in [0.2, 0.25) is 0 Å². The highest BCUT2D eigenvalue weighted by molar-refractivity contribution is 6.10. The van der Waals surface area contributed by atoms with Gasteiger partial charge < -0.3 is 15.6 Å². The van der Waals surface area contributed by atoms with Gasteiger partial charge >= 0.3 is 0 Å². The number of pyridine rings is 1. The molecule has 180 valence electrons. The zero-order chi connectivity index (χ0) is 25.0. The number of rotatable bonds is 5. The van der Waals surface area contributed by atoms with Gasteiger partial charge in [-0.1, -0.05) is 31.2 Å². The summed E-state index contributed by atoms with van der Waals surface area (Å²) in [5.74, 6) is -2.59. The number of nitrogens with zero attached hydrogens (tertiary/aromatic N) is 1. The monoisotopic (exact) mass is 484 g/mol. The van der Waals surface area contributed by atoms with E-state index in [1.54, 1.807) is 12.1 Å². The Morgan fingerprint density at radius 2 is 1.83 bits per heavy atom. The van der Waals surface area contributed by atoms with Crippen molar-refractivity contribution < 1.29 is 18.4 Å². The number of benzene rings is 2. The highest BCUT2D eigenvalue weighted by Gasteiger charge is 2.58. The Morgan fingerprint density at radius 3 is 2.58 bits per heavy atom. The molecule has 3 N–H and O–H groups in total. The fourth-order valence-electron chi connectivity index (χ4n) is 5.10. The van der Waals surface area contributed by atoms with E-state index in [1.165, 1.54) is 12.3 Å². The molecule has 6 rings (SSSR count). The number of H-pyrrole nitrogens is 1. The van der Waals surface area contributed by atoms with Crippen LogP contribution in [-0.4, -0.2) is 21.7 Å². The number of anilines is 3. The fraction of sp³-hybridized carbons (Fsp3) is 0.179. The summed E-state index contributed by atoms with van der Waals surface area (Å²) in [7, 11) is 0. The minimum absolute atomic E-state index is 0.0164. The van der Waals surface area contributed by atoms with Crippen molar-refractivity contribution in [3.05, 3.63) is 95.3 Å². The number of carbonyl (C=O) groups excluding carboxylic acids is 2. The van der Waals surface area contributed by atoms with Crippen molar-refractivity contribution in [2.75, 3.05) is 10.6 Å². The first-order chi connectivity index (χ1) is 17.3. The molecular formula is C28H22F2N4O2. The van der Waals surface area contributed by atoms with Crippen LogP contribution in [0, 0.1) is 23.0 Å². The molecule has 0 aliphatic heterocycles. The minimum Gasteiger partial charge on any atom is -0.356 e. The van der Waals surface area contributed by atoms with E-state index >= 15 is 0 Å². The molecule has 0 unspecified atom stereocenters. The first-order valence-electron chi connectivity index (χ1n) is 11.7. The fourth-order valence-corrected chi connectivity index (χ4v) is 5.10. The molecule has 4 aromatic rings. The van der Waals surface area contributed by atoms with E-state index < -0.39 is 23.1 Å². The van der Waals surface area contributed by atoms with E-state index in [0.717, 1.165) is 36.4 Å². The second-order valence-electron chi connectivity index (χ2n) is 9.65. The Bertz CT molecular complexity index is 1510. The number of carbonyl (C=O) groups is 2. The van der Waals surface area contributed by atoms with Crippen molar-refractivity contribution in [2.45, 2.75) is 19.8 Å². The first kappa shape index (κ1) is 22.2. The molecular weight excluding hydrogens is 462 g/mol. The van der Waals surface area contributed by atoms with E-state index in [1.807, 2.05) is 30.3 Å². The molecule has 1 amide bonds. The van der Waals surface area contributed by atoms with Gasteiger partial charge in [0.1, 0.15) is 23.0 Å². The van der Waals surface area contributed by atoms with Crippen LogP contribution in [0.4, 0.5) is 26.0 Å². The van der Waals surface area contributed by atoms with E-state index in [9.17, 15) is 18.4 Å². The summed E-state index contributed by atoms with van der Waals surface area (Å²) in [4.78, 5) is 33.5. The Hall–Kier alpha value is -4.33. The van der Waals surface area contributed by atoms with Crippen LogP contribution in [0.5, 0.6) is 0 Å². The normalized spacial score (nSPS) is 19.9. The van der Waals surface area contributed by atoms with Crippen LogP contribution < -0.4 is 10.6 Å². The summed E-state index contributed by atoms with van der Waals surface area (Å²) < 4.78 is 28.2. The molecule has 2 aromatic heterocycles. The molecule has 1 fully saturated rings. The second-order valence-corrected chi connectivity index (χ2v) is 9.65. The molecule has 2 aromatic carbocycles. The number of aromatic amines is 1. The van der Waals surface area contributed by atoms with Gasteiger partial charge in [-0.2, -0.15) is 0 Å². The van der Waals surface area contributed by atoms with Gasteiger partial charge in [0.2, 0.25) is 0 Å². The molecule has 36 heavy (non-hydrogen) atoms. The number of Topliss-reactive ketones (excluding diaryl/α,β-unsaturated/α-hetero) is 1. The lowest BCUT2D eigenvalue weighted by molar-refractivity contribution is 0.0940. The van der Waals surface area contributed by atoms with Crippen LogP contribution in [-0.2, 0) is 6.42 Å². The molecule has 6 nitrogen and oxygen atoms in total. The number of aromatic nitrogens is 2. The summed E-state index contributed by atoms with van der Waals surface area (Å²) in [5, 5.41) is 5.88. The maximum Gasteiger partial charge on any atom is 0.262 e. The summed E-state index contributed by atoms with van der Waals surface area (Å²) in [6.45, 7) is 2.13. The number of hydrogen-bond acceptors (Lipinski definition) is 4. The van der Waals surface area contributed by atoms with Gasteiger partial charge in [-0.3, -0.25) is 9.59 Å². The van der Waals surface area contributed by atoms with Gasteiger partial charge in [0.05, 0.1) is 16.9 Å². The zero-order valence-electron chi connectivity index (χ0n) is 19.4. The van der Waals surface area contributed by atoms with Crippen LogP contribution >= 0.6 is 0 Å². The molecule has 2 aliphatic rings. The van der Waals surface area contributed by atoms with Crippen molar-refractivity contribution >= 4 is 28.9 Å². The number of hydrogen-bond donors (Lipinski definition) is 3. The quantitative estimate of drug-likeness (QED) is 0.319. The Kier molecular flexibility index (Phi) is 5.00. The Morgan fingerprint density at radius 1 is 1.08 bits per heavy atom. The largest absolute Gasteiger partial charge is 0.356 e. The molecule has 2 aliphatic carbocycles. The average Bonchev–Trinajstić information content (AvgIpc) is 3.42. The Labute approximate surface area is 205 Å². The van der Waals surface area contributed by atoms with E-state index in [4.69, 9.17) is 0 Å². The number of fused-ring (bicyclic) bond motifs is 2. The van der Waals surface area contributed by atoms with Crippen LogP contribution in [0.1, 0.15) is 39.8 Å². The minimum atomic E-state index is -0.958. The maximum atomic E-state index is 14.1. The van der Waals surface area contributed by atoms with Gasteiger partial charge in [0, 0.05) is 29.1 Å². The second kappa shape index (κ2) is 8.12. The highest BCUT2D eigenvalue weighted by Crippen LogP contribution is 2.60. The number of ketones is 1. The molecule has 2 atom stereocenters. The lowest BCUT2D eigenvalue weighted by Crippen LogP contribution is -2.19. The lowest BCUT2D eigenvalue weighted by atomic mass is 9.87. The third-order valence-electron chi connectivity index (χ3n) is 7.10. The molecule has 8 heteroatoms. The third kappa shape index (κ3) is 3.66. The summed E-state index contributed by atoms with van der Waals surface area (Å²) in [6.07, 6.45) is 3.14. The standard InChI is InChI=1S/C28H22F2N4O2/c1-28-13-17(28)26(35)23-20(14-28)33-24(25(23)32-16-6-3-2-4-7-16)15-10-11-31-21(12-15)34-27(36)22-18(29)8-5-9-19(22)30/h2-12,17,32-33H,13-14H2,1H3,(H,31,34,36)/t17-,28+/m1/s1. The highest BCUT2D eigenvalue weighted by atomic mass is 19.1. The van der Waals surface area contributed by atoms with E-state index in [0.29, 0.717) is 22.5 Å². The van der Waals surface area contributed by atoms with Gasteiger partial charge in [-0.15, -0.1) is 0 Å². The number of nitrogens with one attached hydrogen (secondary N) is 3. The van der Waals surface area contributed by atoms with Crippen LogP contribution in [0.3, 0.4) is 0 Å². The molecule has 0 saturated heterocycles. The predicted octanol–water partition coefficient (Wildman–Crippen LogP) is 6.12. The number of amides is 1. The molecule has 1 saturated carbocycles. The molecule has 0 bridgehead atoms. The van der Waals surface area contributed by atoms with Crippen molar-refractivity contribution in [1.29, 1.82) is 0 Å². The number of para-hydroxylation sites is 1. The van der Waals surface area contributed by atoms with Gasteiger partial charge in [-0.05, 0) is 54.7 Å². The summed E-state index contributed by atoms with van der Waals surface area (Å²) in [6, 6.07) is 16.2. The van der Waals surface area contributed by atoms with E-state index in [2.05, 4.69) is 27.5 Å². The summed E-state index contributed by atoms with van der Waals surface area (Å²) >= 11 is 0. The van der Waals surface area contributed by atoms with Crippen LogP contribution in [0.25, 0.3) is 11.3 Å². The maximum absolute atomic E-state index is 14.1. The molecule has 0 spiro atoms. The summed E-state index contributed by atoms with van der Waals surface area (Å²) in [5.41, 5.74) is 3.67. The SMILES string of the molecule is C[C@]12Cc3[nH]c(-c4ccnc(NC(=O)c5c(F)cccc5F)c4)c(Nc4ccccc4)c3C(=O)[C@H]1C2. The number of halogens is 2. The van der Waals surface area contributed by atoms with Crippen molar-refractivity contribution in [1.82, 2.24) is 9.97 Å². The molecule has 2 heterocycles. The lowest BCUT2D eigenvalue weighted by Gasteiger charge is -2.18. The van der Waals surface area contributed by atoms with Gasteiger partial charge in [0.25, 0.3) is 5.91 Å². The van der Waals surface area contributed by atoms with Crippen molar-refractivity contribution in [2.24, 2.45) is 11.3 Å². The predicted molar refractivity (Wildman–Crippen MR) is 132 cm³/mol. The zero-order valence-corrected chi connectivity index (χ0v) is 19.4. The van der Waals surface area contributed by atoms with Crippen molar-refractivity contribution in [3.63, 3.8) is 0 Å². The first-order valence-corrected chi connectivity index (χ1v) is 11.7. The Balaban J connectivity index is 1.39. The smallest absolute Gasteiger partial charge is 0.262 e.